The van der Waals surface area contributed by atoms with Crippen LogP contribution < -0.4 is 10.1 Å². The fourth-order valence-electron chi connectivity index (χ4n) is 3.63. The van der Waals surface area contributed by atoms with Gasteiger partial charge >= 0.3 is 0 Å². The van der Waals surface area contributed by atoms with Crippen LogP contribution in [0.4, 0.5) is 0 Å². The fraction of sp³-hybridized carbons (Fsp3) is 0.696. The van der Waals surface area contributed by atoms with E-state index in [1.54, 1.807) is 19.2 Å². The molecule has 0 unspecified atom stereocenters. The molecular formula is C23H43NO3Si2. The van der Waals surface area contributed by atoms with Crippen molar-refractivity contribution in [1.82, 2.24) is 5.32 Å². The quantitative estimate of drug-likeness (QED) is 0.248. The van der Waals surface area contributed by atoms with Crippen LogP contribution in [0.2, 0.25) is 38.8 Å². The number of ether oxygens (including phenoxy) is 1. The number of carbonyl (C=O) groups excluding carboxylic acids is 1. The smallest absolute Gasteiger partial charge is 0.251 e. The average molecular weight is 438 g/mol. The molecule has 1 aromatic carbocycles. The minimum absolute atomic E-state index is 0.0674. The Morgan fingerprint density at radius 1 is 0.828 bits per heavy atom. The van der Waals surface area contributed by atoms with E-state index >= 15 is 0 Å². The molecule has 6 heteroatoms. The van der Waals surface area contributed by atoms with Crippen molar-refractivity contribution in [3.8, 4) is 5.75 Å². The summed E-state index contributed by atoms with van der Waals surface area (Å²) in [6, 6.07) is 8.63. The first-order valence-electron chi connectivity index (χ1n) is 11.3. The van der Waals surface area contributed by atoms with Crippen LogP contribution in [0.5, 0.6) is 5.75 Å². The van der Waals surface area contributed by atoms with Crippen LogP contribution in [0.1, 0.15) is 61.7 Å². The van der Waals surface area contributed by atoms with Gasteiger partial charge in [0.15, 0.2) is 16.6 Å². The lowest BCUT2D eigenvalue weighted by atomic mass is 10.1. The Kier molecular flexibility index (Phi) is 11.8. The van der Waals surface area contributed by atoms with Gasteiger partial charge in [0.25, 0.3) is 5.91 Å². The molecule has 1 aromatic rings. The number of amides is 1. The summed E-state index contributed by atoms with van der Waals surface area (Å²) in [5.41, 5.74) is 0.661. The van der Waals surface area contributed by atoms with Gasteiger partial charge in [0.1, 0.15) is 5.75 Å². The molecule has 0 heterocycles. The minimum Gasteiger partial charge on any atom is -0.494 e. The summed E-state index contributed by atoms with van der Waals surface area (Å²) >= 11 is 0. The maximum Gasteiger partial charge on any atom is 0.251 e. The van der Waals surface area contributed by atoms with Crippen molar-refractivity contribution in [3.63, 3.8) is 0 Å². The molecule has 4 nitrogen and oxygen atoms in total. The zero-order valence-corrected chi connectivity index (χ0v) is 21.6. The minimum atomic E-state index is -1.44. The molecule has 0 atom stereocenters. The lowest BCUT2D eigenvalue weighted by Gasteiger charge is -2.31. The molecule has 0 bridgehead atoms. The highest BCUT2D eigenvalue weighted by Crippen LogP contribution is 2.22. The second-order valence-corrected chi connectivity index (χ2v) is 18.6. The van der Waals surface area contributed by atoms with E-state index in [1.165, 1.54) is 51.0 Å². The Bertz CT molecular complexity index is 583. The lowest BCUT2D eigenvalue weighted by molar-refractivity contribution is 0.0963. The SMILES string of the molecule is CNC(=O)c1ccc(OCCCCCCCCCC[Si](C)(C)O[Si](C)(C)C)cc1. The molecule has 0 saturated heterocycles. The highest BCUT2D eigenvalue weighted by molar-refractivity contribution is 6.84. The monoisotopic (exact) mass is 437 g/mol. The molecule has 29 heavy (non-hydrogen) atoms. The standard InChI is InChI=1S/C23H43NO3Si2/c1-24-23(25)21-15-17-22(18-16-21)26-19-13-11-9-7-8-10-12-14-20-29(5,6)27-28(2,3)4/h15-18H,7-14,19-20H2,1-6H3,(H,24,25). The molecule has 0 radical (unpaired) electrons. The summed E-state index contributed by atoms with van der Waals surface area (Å²) in [6.45, 7) is 12.4. The molecule has 0 fully saturated rings. The summed E-state index contributed by atoms with van der Waals surface area (Å²) in [5, 5.41) is 2.62. The van der Waals surface area contributed by atoms with Gasteiger partial charge in [0.2, 0.25) is 0 Å². The second-order valence-electron chi connectivity index (χ2n) is 9.50. The van der Waals surface area contributed by atoms with Crippen molar-refractivity contribution in [2.75, 3.05) is 13.7 Å². The number of hydrogen-bond acceptors (Lipinski definition) is 3. The van der Waals surface area contributed by atoms with Gasteiger partial charge < -0.3 is 14.2 Å². The number of rotatable bonds is 15. The highest BCUT2D eigenvalue weighted by atomic mass is 28.4. The number of benzene rings is 1. The summed E-state index contributed by atoms with van der Waals surface area (Å²) < 4.78 is 12.2. The normalized spacial score (nSPS) is 12.1. The van der Waals surface area contributed by atoms with E-state index in [2.05, 4.69) is 38.1 Å². The van der Waals surface area contributed by atoms with E-state index in [0.29, 0.717) is 5.56 Å². The van der Waals surface area contributed by atoms with Gasteiger partial charge in [-0.3, -0.25) is 4.79 Å². The molecule has 1 rings (SSSR count). The average Bonchev–Trinajstić information content (AvgIpc) is 2.64. The van der Waals surface area contributed by atoms with Crippen molar-refractivity contribution in [2.24, 2.45) is 0 Å². The maximum atomic E-state index is 11.5. The van der Waals surface area contributed by atoms with Gasteiger partial charge in [0.05, 0.1) is 6.61 Å². The van der Waals surface area contributed by atoms with Crippen molar-refractivity contribution < 1.29 is 13.6 Å². The third-order valence-corrected chi connectivity index (χ3v) is 11.1. The zero-order chi connectivity index (χ0) is 21.8. The third kappa shape index (κ3) is 12.9. The maximum absolute atomic E-state index is 11.5. The van der Waals surface area contributed by atoms with Crippen molar-refractivity contribution in [2.45, 2.75) is 90.1 Å². The molecule has 0 aliphatic carbocycles. The first-order valence-corrected chi connectivity index (χ1v) is 17.8. The molecule has 0 aliphatic rings. The van der Waals surface area contributed by atoms with E-state index in [1.807, 2.05) is 12.1 Å². The summed E-state index contributed by atoms with van der Waals surface area (Å²) in [6.07, 6.45) is 10.3. The van der Waals surface area contributed by atoms with Gasteiger partial charge in [-0.15, -0.1) is 0 Å². The molecule has 166 valence electrons. The van der Waals surface area contributed by atoms with E-state index in [9.17, 15) is 4.79 Å². The van der Waals surface area contributed by atoms with E-state index in [0.717, 1.165) is 18.8 Å². The lowest BCUT2D eigenvalue weighted by Crippen LogP contribution is -2.42. The Morgan fingerprint density at radius 3 is 1.86 bits per heavy atom. The van der Waals surface area contributed by atoms with Crippen LogP contribution in [-0.4, -0.2) is 36.2 Å². The first kappa shape index (κ1) is 25.9. The van der Waals surface area contributed by atoms with Gasteiger partial charge in [-0.25, -0.2) is 0 Å². The predicted molar refractivity (Wildman–Crippen MR) is 129 cm³/mol. The number of hydrogen-bond donors (Lipinski definition) is 1. The largest absolute Gasteiger partial charge is 0.494 e. The number of carbonyl (C=O) groups is 1. The second kappa shape index (κ2) is 13.2. The molecule has 1 amide bonds. The fourth-order valence-corrected chi connectivity index (χ4v) is 11.8. The van der Waals surface area contributed by atoms with Crippen LogP contribution in [0.25, 0.3) is 0 Å². The van der Waals surface area contributed by atoms with Gasteiger partial charge in [0, 0.05) is 12.6 Å². The molecule has 0 aromatic heterocycles. The highest BCUT2D eigenvalue weighted by Gasteiger charge is 2.28. The van der Waals surface area contributed by atoms with Gasteiger partial charge in [-0.1, -0.05) is 44.9 Å². The van der Waals surface area contributed by atoms with E-state index in [-0.39, 0.29) is 5.91 Å². The van der Waals surface area contributed by atoms with Crippen molar-refractivity contribution >= 4 is 22.5 Å². The van der Waals surface area contributed by atoms with Crippen LogP contribution in [0.15, 0.2) is 24.3 Å². The Labute approximate surface area is 181 Å². The van der Waals surface area contributed by atoms with Crippen LogP contribution in [0, 0.1) is 0 Å². The Balaban J connectivity index is 1.98. The molecular weight excluding hydrogens is 394 g/mol. The van der Waals surface area contributed by atoms with Crippen molar-refractivity contribution in [3.05, 3.63) is 29.8 Å². The van der Waals surface area contributed by atoms with Crippen LogP contribution >= 0.6 is 0 Å². The summed E-state index contributed by atoms with van der Waals surface area (Å²) in [4.78, 5) is 11.5. The molecule has 0 aliphatic heterocycles. The summed E-state index contributed by atoms with van der Waals surface area (Å²) in [5.74, 6) is 0.768. The summed E-state index contributed by atoms with van der Waals surface area (Å²) in [7, 11) is -1.19. The van der Waals surface area contributed by atoms with Crippen LogP contribution in [0.3, 0.4) is 0 Å². The van der Waals surface area contributed by atoms with E-state index < -0.39 is 16.6 Å². The van der Waals surface area contributed by atoms with Crippen LogP contribution in [-0.2, 0) is 4.12 Å². The Hall–Kier alpha value is -1.12. The van der Waals surface area contributed by atoms with E-state index in [4.69, 9.17) is 8.85 Å². The number of unbranched alkanes of at least 4 members (excludes halogenated alkanes) is 7. The molecule has 0 saturated carbocycles. The first-order chi connectivity index (χ1) is 13.6. The topological polar surface area (TPSA) is 47.6 Å². The Morgan fingerprint density at radius 2 is 1.34 bits per heavy atom. The van der Waals surface area contributed by atoms with Gasteiger partial charge in [-0.2, -0.15) is 0 Å². The molecule has 1 N–H and O–H groups in total. The number of nitrogens with one attached hydrogen (secondary N) is 1. The predicted octanol–water partition coefficient (Wildman–Crippen LogP) is 6.60. The molecule has 0 spiro atoms. The van der Waals surface area contributed by atoms with Crippen molar-refractivity contribution in [1.29, 1.82) is 0 Å². The third-order valence-electron chi connectivity index (χ3n) is 4.87. The van der Waals surface area contributed by atoms with Gasteiger partial charge in [-0.05, 0) is 69.5 Å². The zero-order valence-electron chi connectivity index (χ0n) is 19.6.